The number of carbonyl (C=O) groups excluding carboxylic acids is 1. The van der Waals surface area contributed by atoms with Gasteiger partial charge in [0.2, 0.25) is 5.91 Å². The van der Waals surface area contributed by atoms with Crippen LogP contribution in [0.15, 0.2) is 12.1 Å². The molecular formula is C21H30N4OS. The summed E-state index contributed by atoms with van der Waals surface area (Å²) in [5.41, 5.74) is 3.85. The Bertz CT molecular complexity index is 803. The van der Waals surface area contributed by atoms with Crippen molar-refractivity contribution in [2.24, 2.45) is 7.05 Å². The maximum atomic E-state index is 12.5. The van der Waals surface area contributed by atoms with Gasteiger partial charge in [-0.25, -0.2) is 0 Å². The number of aryl methyl sites for hydroxylation is 3. The van der Waals surface area contributed by atoms with Crippen LogP contribution in [-0.4, -0.2) is 45.1 Å². The zero-order chi connectivity index (χ0) is 18.8. The van der Waals surface area contributed by atoms with Gasteiger partial charge < -0.3 is 4.90 Å². The van der Waals surface area contributed by atoms with E-state index in [1.54, 1.807) is 0 Å². The Morgan fingerprint density at radius 1 is 1.19 bits per heavy atom. The molecule has 6 heteroatoms. The lowest BCUT2D eigenvalue weighted by Crippen LogP contribution is -2.35. The number of piperidine rings is 1. The summed E-state index contributed by atoms with van der Waals surface area (Å²) in [5, 5.41) is 4.78. The van der Waals surface area contributed by atoms with E-state index in [4.69, 9.17) is 5.10 Å². The summed E-state index contributed by atoms with van der Waals surface area (Å²) < 4.78 is 2.04. The lowest BCUT2D eigenvalue weighted by Gasteiger charge is -2.28. The van der Waals surface area contributed by atoms with Crippen molar-refractivity contribution in [2.75, 3.05) is 19.6 Å². The third-order valence-electron chi connectivity index (χ3n) is 5.86. The molecule has 0 unspecified atom stereocenters. The molecule has 2 aliphatic rings. The van der Waals surface area contributed by atoms with Crippen molar-refractivity contribution in [1.82, 2.24) is 19.6 Å². The number of thiophene rings is 1. The Hall–Kier alpha value is -1.66. The number of nitrogens with zero attached hydrogens (tertiary/aromatic N) is 4. The first-order valence-corrected chi connectivity index (χ1v) is 11.0. The highest BCUT2D eigenvalue weighted by atomic mass is 32.1. The van der Waals surface area contributed by atoms with Gasteiger partial charge >= 0.3 is 0 Å². The van der Waals surface area contributed by atoms with Crippen molar-refractivity contribution in [3.63, 3.8) is 0 Å². The van der Waals surface area contributed by atoms with Crippen molar-refractivity contribution in [3.05, 3.63) is 38.8 Å². The molecule has 1 saturated heterocycles. The van der Waals surface area contributed by atoms with E-state index in [1.165, 1.54) is 27.4 Å². The van der Waals surface area contributed by atoms with Gasteiger partial charge in [-0.3, -0.25) is 14.4 Å². The highest BCUT2D eigenvalue weighted by Crippen LogP contribution is 2.26. The Balaban J connectivity index is 1.40. The van der Waals surface area contributed by atoms with E-state index >= 15 is 0 Å². The SMILES string of the molecule is Cc1ccc(CN2CCc3c(c(CCC(=O)N4CCCCC4)nn3C)C2)s1. The average Bonchev–Trinajstić information content (AvgIpc) is 3.23. The quantitative estimate of drug-likeness (QED) is 0.792. The predicted octanol–water partition coefficient (Wildman–Crippen LogP) is 3.29. The van der Waals surface area contributed by atoms with Crippen LogP contribution in [0.3, 0.4) is 0 Å². The van der Waals surface area contributed by atoms with Gasteiger partial charge in [0.05, 0.1) is 5.69 Å². The second kappa shape index (κ2) is 8.15. The molecule has 0 saturated carbocycles. The van der Waals surface area contributed by atoms with Gasteiger partial charge in [0.15, 0.2) is 0 Å². The summed E-state index contributed by atoms with van der Waals surface area (Å²) in [6.45, 7) is 7.09. The molecule has 2 aliphatic heterocycles. The molecule has 4 heterocycles. The van der Waals surface area contributed by atoms with E-state index in [0.717, 1.165) is 64.1 Å². The summed E-state index contributed by atoms with van der Waals surface area (Å²) in [5.74, 6) is 0.302. The first kappa shape index (κ1) is 18.7. The lowest BCUT2D eigenvalue weighted by molar-refractivity contribution is -0.132. The Morgan fingerprint density at radius 2 is 2.00 bits per heavy atom. The Labute approximate surface area is 166 Å². The number of hydrogen-bond donors (Lipinski definition) is 0. The van der Waals surface area contributed by atoms with Gasteiger partial charge in [-0.2, -0.15) is 5.10 Å². The van der Waals surface area contributed by atoms with E-state index in [0.29, 0.717) is 12.3 Å². The molecule has 2 aromatic rings. The molecule has 4 rings (SSSR count). The second-order valence-corrected chi connectivity index (χ2v) is 9.28. The molecule has 146 valence electrons. The van der Waals surface area contributed by atoms with Crippen molar-refractivity contribution >= 4 is 17.2 Å². The van der Waals surface area contributed by atoms with Crippen LogP contribution in [0.1, 0.15) is 52.4 Å². The molecule has 0 bridgehead atoms. The largest absolute Gasteiger partial charge is 0.343 e. The number of carbonyl (C=O) groups is 1. The van der Waals surface area contributed by atoms with Crippen LogP contribution in [-0.2, 0) is 37.8 Å². The molecule has 0 aliphatic carbocycles. The average molecular weight is 387 g/mol. The predicted molar refractivity (Wildman–Crippen MR) is 109 cm³/mol. The molecule has 2 aromatic heterocycles. The Kier molecular flexibility index (Phi) is 5.64. The summed E-state index contributed by atoms with van der Waals surface area (Å²) in [7, 11) is 2.05. The standard InChI is InChI=1S/C21H30N4OS/c1-16-6-7-17(27-16)14-24-13-10-20-18(15-24)19(22-23(20)2)8-9-21(26)25-11-4-3-5-12-25/h6-7H,3-5,8-15H2,1-2H3. The molecule has 0 radical (unpaired) electrons. The highest BCUT2D eigenvalue weighted by molar-refractivity contribution is 7.11. The number of likely N-dealkylation sites (tertiary alicyclic amines) is 1. The minimum Gasteiger partial charge on any atom is -0.343 e. The minimum absolute atomic E-state index is 0.302. The van der Waals surface area contributed by atoms with Crippen LogP contribution in [0, 0.1) is 6.92 Å². The fourth-order valence-corrected chi connectivity index (χ4v) is 5.31. The van der Waals surface area contributed by atoms with Crippen molar-refractivity contribution in [1.29, 1.82) is 0 Å². The number of aromatic nitrogens is 2. The molecule has 0 N–H and O–H groups in total. The smallest absolute Gasteiger partial charge is 0.222 e. The van der Waals surface area contributed by atoms with Gasteiger partial charge in [0.1, 0.15) is 0 Å². The molecule has 27 heavy (non-hydrogen) atoms. The van der Waals surface area contributed by atoms with Gasteiger partial charge in [-0.05, 0) is 38.3 Å². The Morgan fingerprint density at radius 3 is 2.74 bits per heavy atom. The number of fused-ring (bicyclic) bond motifs is 1. The van der Waals surface area contributed by atoms with Gasteiger partial charge in [0, 0.05) is 80.0 Å². The fourth-order valence-electron chi connectivity index (χ4n) is 4.38. The minimum atomic E-state index is 0.302. The van der Waals surface area contributed by atoms with E-state index in [9.17, 15) is 4.79 Å². The van der Waals surface area contributed by atoms with Crippen molar-refractivity contribution in [2.45, 2.75) is 58.5 Å². The van der Waals surface area contributed by atoms with Gasteiger partial charge in [-0.1, -0.05) is 0 Å². The molecule has 5 nitrogen and oxygen atoms in total. The van der Waals surface area contributed by atoms with Crippen LogP contribution in [0.4, 0.5) is 0 Å². The zero-order valence-corrected chi connectivity index (χ0v) is 17.4. The van der Waals surface area contributed by atoms with Gasteiger partial charge in [-0.15, -0.1) is 11.3 Å². The summed E-state index contributed by atoms with van der Waals surface area (Å²) >= 11 is 1.89. The maximum absolute atomic E-state index is 12.5. The third-order valence-corrected chi connectivity index (χ3v) is 6.85. The topological polar surface area (TPSA) is 41.4 Å². The maximum Gasteiger partial charge on any atom is 0.222 e. The number of rotatable bonds is 5. The van der Waals surface area contributed by atoms with Gasteiger partial charge in [0.25, 0.3) is 0 Å². The van der Waals surface area contributed by atoms with Crippen LogP contribution in [0.25, 0.3) is 0 Å². The van der Waals surface area contributed by atoms with Crippen LogP contribution >= 0.6 is 11.3 Å². The van der Waals surface area contributed by atoms with E-state index in [2.05, 4.69) is 24.0 Å². The van der Waals surface area contributed by atoms with E-state index in [-0.39, 0.29) is 0 Å². The molecule has 1 fully saturated rings. The van der Waals surface area contributed by atoms with E-state index in [1.807, 2.05) is 28.0 Å². The first-order chi connectivity index (χ1) is 13.1. The fraction of sp³-hybridized carbons (Fsp3) is 0.619. The first-order valence-electron chi connectivity index (χ1n) is 10.2. The summed E-state index contributed by atoms with van der Waals surface area (Å²) in [4.78, 5) is 19.9. The highest BCUT2D eigenvalue weighted by Gasteiger charge is 2.25. The van der Waals surface area contributed by atoms with Crippen LogP contribution in [0.2, 0.25) is 0 Å². The lowest BCUT2D eigenvalue weighted by atomic mass is 10.0. The zero-order valence-electron chi connectivity index (χ0n) is 16.5. The molecule has 0 aromatic carbocycles. The van der Waals surface area contributed by atoms with Crippen LogP contribution < -0.4 is 0 Å². The van der Waals surface area contributed by atoms with Crippen molar-refractivity contribution in [3.8, 4) is 0 Å². The van der Waals surface area contributed by atoms with Crippen LogP contribution in [0.5, 0.6) is 0 Å². The number of hydrogen-bond acceptors (Lipinski definition) is 4. The van der Waals surface area contributed by atoms with E-state index < -0.39 is 0 Å². The monoisotopic (exact) mass is 386 g/mol. The summed E-state index contributed by atoms with van der Waals surface area (Å²) in [6.07, 6.45) is 5.97. The molecule has 1 amide bonds. The normalized spacial score (nSPS) is 17.9. The molecular weight excluding hydrogens is 356 g/mol. The summed E-state index contributed by atoms with van der Waals surface area (Å²) in [6, 6.07) is 4.45. The molecule has 0 spiro atoms. The third kappa shape index (κ3) is 4.27. The van der Waals surface area contributed by atoms with Crippen molar-refractivity contribution < 1.29 is 4.79 Å². The number of amides is 1. The molecule has 0 atom stereocenters. The second-order valence-electron chi connectivity index (χ2n) is 7.91.